The molecule has 1 saturated heterocycles. The maximum Gasteiger partial charge on any atom is 0.324 e. The zero-order valence-electron chi connectivity index (χ0n) is 18.6. The maximum absolute atomic E-state index is 13.3. The second-order valence-electron chi connectivity index (χ2n) is 7.97. The van der Waals surface area contributed by atoms with Crippen molar-refractivity contribution in [3.63, 3.8) is 0 Å². The Labute approximate surface area is 191 Å². The highest BCUT2D eigenvalue weighted by atomic mass is 19.3. The fraction of sp³-hybridized carbons (Fsp3) is 0.391. The summed E-state index contributed by atoms with van der Waals surface area (Å²) in [7, 11) is 2.02. The van der Waals surface area contributed by atoms with Gasteiger partial charge in [0, 0.05) is 43.6 Å². The fourth-order valence-electron chi connectivity index (χ4n) is 3.35. The number of carbonyl (C=O) groups excluding carboxylic acids is 3. The quantitative estimate of drug-likeness (QED) is 0.643. The molecule has 1 aromatic heterocycles. The monoisotopic (exact) mass is 459 g/mol. The zero-order chi connectivity index (χ0) is 24.0. The van der Waals surface area contributed by atoms with E-state index in [-0.39, 0.29) is 18.1 Å². The summed E-state index contributed by atoms with van der Waals surface area (Å²) in [6.45, 7) is 4.48. The van der Waals surface area contributed by atoms with Crippen LogP contribution in [0.5, 0.6) is 0 Å². The van der Waals surface area contributed by atoms with Gasteiger partial charge in [-0.05, 0) is 38.2 Å². The van der Waals surface area contributed by atoms with E-state index in [2.05, 4.69) is 9.88 Å². The fourth-order valence-corrected chi connectivity index (χ4v) is 3.35. The van der Waals surface area contributed by atoms with Gasteiger partial charge in [-0.3, -0.25) is 19.5 Å². The molecule has 0 atom stereocenters. The molecule has 1 aromatic carbocycles. The molecule has 3 rings (SSSR count). The summed E-state index contributed by atoms with van der Waals surface area (Å²) in [6.07, 6.45) is -1.86. The van der Waals surface area contributed by atoms with Crippen molar-refractivity contribution < 1.29 is 23.2 Å². The molecule has 0 unspecified atom stereocenters. The van der Waals surface area contributed by atoms with E-state index in [0.717, 1.165) is 24.3 Å². The van der Waals surface area contributed by atoms with Crippen molar-refractivity contribution in [3.8, 4) is 0 Å². The molecule has 0 aliphatic carbocycles. The van der Waals surface area contributed by atoms with Crippen molar-refractivity contribution in [2.24, 2.45) is 0 Å². The molecule has 0 spiro atoms. The Kier molecular flexibility index (Phi) is 8.05. The first kappa shape index (κ1) is 24.2. The highest BCUT2D eigenvalue weighted by Gasteiger charge is 2.26. The Morgan fingerprint density at radius 1 is 1.06 bits per heavy atom. The number of carbonyl (C=O) groups is 3. The molecule has 1 fully saturated rings. The summed E-state index contributed by atoms with van der Waals surface area (Å²) in [5, 5.41) is 1.88. The zero-order valence-corrected chi connectivity index (χ0v) is 18.6. The lowest BCUT2D eigenvalue weighted by atomic mass is 10.1. The molecule has 33 heavy (non-hydrogen) atoms. The first-order valence-electron chi connectivity index (χ1n) is 10.6. The summed E-state index contributed by atoms with van der Waals surface area (Å²) < 4.78 is 24.5. The minimum Gasteiger partial charge on any atom is -0.344 e. The number of alkyl halides is 2. The molecule has 10 heteroatoms. The van der Waals surface area contributed by atoms with Crippen molar-refractivity contribution in [3.05, 3.63) is 59.4 Å². The smallest absolute Gasteiger partial charge is 0.324 e. The lowest BCUT2D eigenvalue weighted by Crippen LogP contribution is -2.52. The third-order valence-electron chi connectivity index (χ3n) is 5.44. The van der Waals surface area contributed by atoms with Crippen molar-refractivity contribution in [2.45, 2.75) is 19.9 Å². The summed E-state index contributed by atoms with van der Waals surface area (Å²) >= 11 is 0. The van der Waals surface area contributed by atoms with E-state index in [0.29, 0.717) is 18.8 Å². The van der Waals surface area contributed by atoms with E-state index < -0.39 is 24.7 Å². The topological polar surface area (TPSA) is 85.8 Å². The van der Waals surface area contributed by atoms with Gasteiger partial charge < -0.3 is 15.1 Å². The van der Waals surface area contributed by atoms with Gasteiger partial charge in [0.15, 0.2) is 5.78 Å². The number of hydrogen-bond acceptors (Lipinski definition) is 5. The predicted molar refractivity (Wildman–Crippen MR) is 119 cm³/mol. The Morgan fingerprint density at radius 3 is 2.30 bits per heavy atom. The molecule has 1 aliphatic rings. The van der Waals surface area contributed by atoms with E-state index in [9.17, 15) is 23.2 Å². The van der Waals surface area contributed by atoms with Crippen LogP contribution in [-0.2, 0) is 11.3 Å². The van der Waals surface area contributed by atoms with Crippen LogP contribution in [0.25, 0.3) is 0 Å². The van der Waals surface area contributed by atoms with Crippen LogP contribution in [0.4, 0.5) is 19.3 Å². The van der Waals surface area contributed by atoms with Gasteiger partial charge in [-0.1, -0.05) is 17.7 Å². The molecule has 3 amide bonds. The normalized spacial score (nSPS) is 14.3. The van der Waals surface area contributed by atoms with Crippen molar-refractivity contribution in [1.29, 1.82) is 0 Å². The number of nitrogens with one attached hydrogen (secondary N) is 1. The number of likely N-dealkylation sites (N-methyl/N-ethyl adjacent to an activating group) is 1. The number of amides is 3. The summed E-state index contributed by atoms with van der Waals surface area (Å²) in [4.78, 5) is 46.3. The van der Waals surface area contributed by atoms with E-state index in [4.69, 9.17) is 0 Å². The van der Waals surface area contributed by atoms with Crippen molar-refractivity contribution in [2.75, 3.05) is 44.7 Å². The van der Waals surface area contributed by atoms with Crippen LogP contribution in [0, 0.1) is 6.92 Å². The van der Waals surface area contributed by atoms with Gasteiger partial charge in [0.25, 0.3) is 5.91 Å². The molecule has 1 aliphatic heterocycles. The average Bonchev–Trinajstić information content (AvgIpc) is 2.82. The summed E-state index contributed by atoms with van der Waals surface area (Å²) in [6, 6.07) is 10.6. The molecule has 8 nitrogen and oxygen atoms in total. The first-order chi connectivity index (χ1) is 15.7. The van der Waals surface area contributed by atoms with E-state index in [1.165, 1.54) is 12.3 Å². The van der Waals surface area contributed by atoms with Crippen molar-refractivity contribution in [1.82, 2.24) is 20.1 Å². The lowest BCUT2D eigenvalue weighted by molar-refractivity contribution is -0.131. The van der Waals surface area contributed by atoms with Gasteiger partial charge in [-0.15, -0.1) is 0 Å². The van der Waals surface area contributed by atoms with Crippen LogP contribution in [-0.4, -0.2) is 78.7 Å². The summed E-state index contributed by atoms with van der Waals surface area (Å²) in [5.74, 6) is -2.03. The van der Waals surface area contributed by atoms with Crippen molar-refractivity contribution >= 4 is 23.4 Å². The number of benzene rings is 1. The molecule has 0 radical (unpaired) electrons. The molecule has 0 bridgehead atoms. The number of pyridine rings is 1. The standard InChI is InChI=1S/C23H27F2N5O3/c1-16-3-7-19(8-4-16)30(23(33)29-11-9-28(2)10-12-29)15-18-6-5-17(13-26-18)20(31)14-27-22(32)21(24)25/h3-8,13,21H,9-12,14-15H2,1-2H3,(H,27,32). The molecule has 176 valence electrons. The highest BCUT2D eigenvalue weighted by molar-refractivity contribution is 5.99. The molecular formula is C23H27F2N5O3. The number of piperazine rings is 1. The van der Waals surface area contributed by atoms with Gasteiger partial charge in [0.2, 0.25) is 0 Å². The second kappa shape index (κ2) is 11.0. The largest absolute Gasteiger partial charge is 0.344 e. The molecule has 2 aromatic rings. The minimum absolute atomic E-state index is 0.122. The number of halogens is 2. The predicted octanol–water partition coefficient (Wildman–Crippen LogP) is 2.33. The van der Waals surface area contributed by atoms with Gasteiger partial charge >= 0.3 is 12.5 Å². The average molecular weight is 459 g/mol. The van der Waals surface area contributed by atoms with Gasteiger partial charge in [-0.25, -0.2) is 4.79 Å². The number of Topliss-reactive ketones (excluding diaryl/α,β-unsaturated/α-hetero) is 1. The highest BCUT2D eigenvalue weighted by Crippen LogP contribution is 2.20. The lowest BCUT2D eigenvalue weighted by Gasteiger charge is -2.36. The van der Waals surface area contributed by atoms with Gasteiger partial charge in [-0.2, -0.15) is 8.78 Å². The number of rotatable bonds is 7. The van der Waals surface area contributed by atoms with Crippen LogP contribution in [0.3, 0.4) is 0 Å². The van der Waals surface area contributed by atoms with E-state index >= 15 is 0 Å². The van der Waals surface area contributed by atoms with Crippen LogP contribution < -0.4 is 10.2 Å². The number of ketones is 1. The maximum atomic E-state index is 13.3. The number of anilines is 1. The SMILES string of the molecule is Cc1ccc(N(Cc2ccc(C(=O)CNC(=O)C(F)F)cn2)C(=O)N2CCN(C)CC2)cc1. The number of hydrogen-bond donors (Lipinski definition) is 1. The van der Waals surface area contributed by atoms with Crippen LogP contribution >= 0.6 is 0 Å². The number of nitrogens with zero attached hydrogens (tertiary/aromatic N) is 4. The number of urea groups is 1. The Hall–Kier alpha value is -3.40. The molecule has 2 heterocycles. The molecule has 1 N–H and O–H groups in total. The third kappa shape index (κ3) is 6.55. The van der Waals surface area contributed by atoms with Crippen LogP contribution in [0.1, 0.15) is 21.6 Å². The third-order valence-corrected chi connectivity index (χ3v) is 5.44. The molecular weight excluding hydrogens is 432 g/mol. The summed E-state index contributed by atoms with van der Waals surface area (Å²) in [5.41, 5.74) is 2.55. The van der Waals surface area contributed by atoms with Crippen LogP contribution in [0.15, 0.2) is 42.6 Å². The number of aryl methyl sites for hydroxylation is 1. The van der Waals surface area contributed by atoms with E-state index in [1.807, 2.05) is 48.5 Å². The molecule has 0 saturated carbocycles. The Balaban J connectivity index is 1.72. The van der Waals surface area contributed by atoms with Crippen LogP contribution in [0.2, 0.25) is 0 Å². The van der Waals surface area contributed by atoms with E-state index in [1.54, 1.807) is 11.0 Å². The number of aromatic nitrogens is 1. The minimum atomic E-state index is -3.18. The van der Waals surface area contributed by atoms with Gasteiger partial charge in [0.05, 0.1) is 18.8 Å². The Bertz CT molecular complexity index is 975. The Morgan fingerprint density at radius 2 is 1.73 bits per heavy atom. The second-order valence-corrected chi connectivity index (χ2v) is 7.97. The van der Waals surface area contributed by atoms with Gasteiger partial charge in [0.1, 0.15) is 0 Å². The first-order valence-corrected chi connectivity index (χ1v) is 10.6.